The van der Waals surface area contributed by atoms with E-state index in [2.05, 4.69) is 16.6 Å². The van der Waals surface area contributed by atoms with Gasteiger partial charge in [-0.15, -0.1) is 12.3 Å². The number of methoxy groups -OCH3 is 1. The van der Waals surface area contributed by atoms with Gasteiger partial charge in [-0.3, -0.25) is 9.59 Å². The molecule has 140 valence electrons. The normalized spacial score (nSPS) is 12.4. The van der Waals surface area contributed by atoms with Crippen molar-refractivity contribution in [2.45, 2.75) is 44.7 Å². The van der Waals surface area contributed by atoms with E-state index in [9.17, 15) is 18.8 Å². The summed E-state index contributed by atoms with van der Waals surface area (Å²) in [5, 5.41) is 5.14. The minimum atomic E-state index is -0.905. The van der Waals surface area contributed by atoms with E-state index in [1.165, 1.54) is 38.3 Å². The Balaban J connectivity index is 2.84. The molecule has 0 aliphatic carbocycles. The first-order valence-corrected chi connectivity index (χ1v) is 8.20. The van der Waals surface area contributed by atoms with Crippen molar-refractivity contribution in [3.05, 3.63) is 35.6 Å². The summed E-state index contributed by atoms with van der Waals surface area (Å²) in [5.41, 5.74) is 0.669. The highest BCUT2D eigenvalue weighted by molar-refractivity contribution is 5.90. The van der Waals surface area contributed by atoms with Crippen LogP contribution in [0.1, 0.15) is 31.7 Å². The third kappa shape index (κ3) is 7.34. The number of hydrogen-bond donors (Lipinski definition) is 2. The minimum absolute atomic E-state index is 0.157. The molecule has 0 fully saturated rings. The van der Waals surface area contributed by atoms with Gasteiger partial charge >= 0.3 is 5.97 Å². The van der Waals surface area contributed by atoms with Crippen LogP contribution in [0.5, 0.6) is 0 Å². The smallest absolute Gasteiger partial charge is 0.328 e. The molecule has 2 N–H and O–H groups in total. The van der Waals surface area contributed by atoms with Gasteiger partial charge in [0.1, 0.15) is 17.9 Å². The maximum Gasteiger partial charge on any atom is 0.328 e. The zero-order valence-corrected chi connectivity index (χ0v) is 14.9. The second-order valence-corrected chi connectivity index (χ2v) is 5.76. The molecule has 0 spiro atoms. The minimum Gasteiger partial charge on any atom is -0.467 e. The highest BCUT2D eigenvalue weighted by atomic mass is 19.1. The van der Waals surface area contributed by atoms with Crippen molar-refractivity contribution in [1.29, 1.82) is 0 Å². The Morgan fingerprint density at radius 3 is 2.38 bits per heavy atom. The van der Waals surface area contributed by atoms with Gasteiger partial charge < -0.3 is 15.4 Å². The van der Waals surface area contributed by atoms with Crippen LogP contribution in [0.3, 0.4) is 0 Å². The molecular weight excluding hydrogens is 339 g/mol. The first-order valence-electron chi connectivity index (χ1n) is 8.20. The fourth-order valence-electron chi connectivity index (χ4n) is 2.38. The standard InChI is InChI=1S/C19H23FN2O4/c1-4-5-6-7-16(19(25)26-3)22-18(24)17(21-13(2)23)12-14-8-10-15(20)11-9-14/h1,8-11,16-17H,5-7,12H2,2-3H3,(H,21,23)(H,22,24)/t16-,17-/m0/s1. The zero-order chi connectivity index (χ0) is 19.5. The molecule has 0 radical (unpaired) electrons. The molecule has 0 aromatic heterocycles. The van der Waals surface area contributed by atoms with Gasteiger partial charge in [-0.1, -0.05) is 12.1 Å². The molecule has 7 heteroatoms. The second kappa shape index (κ2) is 10.9. The number of carbonyl (C=O) groups is 3. The number of nitrogens with one attached hydrogen (secondary N) is 2. The molecule has 0 unspecified atom stereocenters. The summed E-state index contributed by atoms with van der Waals surface area (Å²) in [4.78, 5) is 35.9. The van der Waals surface area contributed by atoms with Crippen LogP contribution in [0.25, 0.3) is 0 Å². The van der Waals surface area contributed by atoms with Crippen molar-refractivity contribution < 1.29 is 23.5 Å². The molecule has 0 aliphatic heterocycles. The van der Waals surface area contributed by atoms with Crippen LogP contribution >= 0.6 is 0 Å². The van der Waals surface area contributed by atoms with E-state index in [0.717, 1.165) is 0 Å². The van der Waals surface area contributed by atoms with Gasteiger partial charge in [-0.25, -0.2) is 9.18 Å². The van der Waals surface area contributed by atoms with Crippen LogP contribution in [0.2, 0.25) is 0 Å². The molecular formula is C19H23FN2O4. The van der Waals surface area contributed by atoms with E-state index in [1.54, 1.807) is 0 Å². The topological polar surface area (TPSA) is 84.5 Å². The van der Waals surface area contributed by atoms with E-state index in [-0.39, 0.29) is 6.42 Å². The van der Waals surface area contributed by atoms with Crippen molar-refractivity contribution in [1.82, 2.24) is 10.6 Å². The molecule has 26 heavy (non-hydrogen) atoms. The second-order valence-electron chi connectivity index (χ2n) is 5.76. The summed E-state index contributed by atoms with van der Waals surface area (Å²) >= 11 is 0. The number of hydrogen-bond acceptors (Lipinski definition) is 4. The maximum atomic E-state index is 13.0. The van der Waals surface area contributed by atoms with Crippen LogP contribution < -0.4 is 10.6 Å². The largest absolute Gasteiger partial charge is 0.467 e. The molecule has 1 rings (SSSR count). The molecule has 6 nitrogen and oxygen atoms in total. The summed E-state index contributed by atoms with van der Waals surface area (Å²) < 4.78 is 17.7. The lowest BCUT2D eigenvalue weighted by atomic mass is 10.0. The van der Waals surface area contributed by atoms with Crippen LogP contribution in [0.4, 0.5) is 4.39 Å². The Morgan fingerprint density at radius 2 is 1.85 bits per heavy atom. The van der Waals surface area contributed by atoms with Gasteiger partial charge in [-0.2, -0.15) is 0 Å². The van der Waals surface area contributed by atoms with Crippen molar-refractivity contribution in [3.63, 3.8) is 0 Å². The molecule has 2 amide bonds. The fraction of sp³-hybridized carbons (Fsp3) is 0.421. The number of benzene rings is 1. The number of terminal acetylenes is 1. The lowest BCUT2D eigenvalue weighted by molar-refractivity contribution is -0.145. The van der Waals surface area contributed by atoms with E-state index < -0.39 is 35.7 Å². The third-order valence-corrected chi connectivity index (χ3v) is 3.66. The molecule has 2 atom stereocenters. The van der Waals surface area contributed by atoms with Crippen molar-refractivity contribution in [2.75, 3.05) is 7.11 Å². The van der Waals surface area contributed by atoms with Crippen molar-refractivity contribution >= 4 is 17.8 Å². The lowest BCUT2D eigenvalue weighted by Crippen LogP contribution is -2.52. The number of amides is 2. The van der Waals surface area contributed by atoms with Gasteiger partial charge in [0.2, 0.25) is 11.8 Å². The Morgan fingerprint density at radius 1 is 1.19 bits per heavy atom. The van der Waals surface area contributed by atoms with Gasteiger partial charge in [-0.05, 0) is 30.5 Å². The van der Waals surface area contributed by atoms with Crippen LogP contribution in [-0.2, 0) is 25.5 Å². The number of unbranched alkanes of at least 4 members (excludes halogenated alkanes) is 1. The predicted octanol–water partition coefficient (Wildman–Crippen LogP) is 1.33. The third-order valence-electron chi connectivity index (χ3n) is 3.66. The Bertz CT molecular complexity index is 667. The number of esters is 1. The van der Waals surface area contributed by atoms with E-state index in [4.69, 9.17) is 11.2 Å². The summed E-state index contributed by atoms with van der Waals surface area (Å²) in [6, 6.07) is 3.84. The maximum absolute atomic E-state index is 13.0. The monoisotopic (exact) mass is 362 g/mol. The Labute approximate surface area is 152 Å². The molecule has 0 saturated carbocycles. The molecule has 0 heterocycles. The summed E-state index contributed by atoms with van der Waals surface area (Å²) in [6.45, 7) is 1.29. The average Bonchev–Trinajstić information content (AvgIpc) is 2.61. The highest BCUT2D eigenvalue weighted by Crippen LogP contribution is 2.08. The molecule has 0 saturated heterocycles. The highest BCUT2D eigenvalue weighted by Gasteiger charge is 2.26. The molecule has 0 aliphatic rings. The van der Waals surface area contributed by atoms with Crippen molar-refractivity contribution in [3.8, 4) is 12.3 Å². The predicted molar refractivity (Wildman–Crippen MR) is 94.3 cm³/mol. The lowest BCUT2D eigenvalue weighted by Gasteiger charge is -2.22. The Kier molecular flexibility index (Phi) is 8.85. The molecule has 1 aromatic carbocycles. The number of rotatable bonds is 9. The van der Waals surface area contributed by atoms with Gasteiger partial charge in [0.15, 0.2) is 0 Å². The number of halogens is 1. The van der Waals surface area contributed by atoms with E-state index in [1.807, 2.05) is 0 Å². The fourth-order valence-corrected chi connectivity index (χ4v) is 2.38. The van der Waals surface area contributed by atoms with Crippen LogP contribution in [0.15, 0.2) is 24.3 Å². The average molecular weight is 362 g/mol. The van der Waals surface area contributed by atoms with E-state index in [0.29, 0.717) is 24.8 Å². The number of carbonyl (C=O) groups excluding carboxylic acids is 3. The first-order chi connectivity index (χ1) is 12.4. The van der Waals surface area contributed by atoms with Crippen molar-refractivity contribution in [2.24, 2.45) is 0 Å². The zero-order valence-electron chi connectivity index (χ0n) is 14.9. The summed E-state index contributed by atoms with van der Waals surface area (Å²) in [6.07, 6.45) is 6.69. The molecule has 0 bridgehead atoms. The first kappa shape index (κ1) is 21.2. The Hall–Kier alpha value is -2.88. The summed E-state index contributed by atoms with van der Waals surface area (Å²) in [5.74, 6) is 0.566. The summed E-state index contributed by atoms with van der Waals surface area (Å²) in [7, 11) is 1.23. The van der Waals surface area contributed by atoms with Gasteiger partial charge in [0.05, 0.1) is 7.11 Å². The van der Waals surface area contributed by atoms with Gasteiger partial charge in [0, 0.05) is 19.8 Å². The van der Waals surface area contributed by atoms with Crippen LogP contribution in [0, 0.1) is 18.2 Å². The van der Waals surface area contributed by atoms with Crippen LogP contribution in [-0.4, -0.2) is 37.0 Å². The molecule has 1 aromatic rings. The quantitative estimate of drug-likeness (QED) is 0.394. The number of ether oxygens (including phenoxy) is 1. The van der Waals surface area contributed by atoms with Gasteiger partial charge in [0.25, 0.3) is 0 Å². The SMILES string of the molecule is C#CCCC[C@H](NC(=O)[C@H](Cc1ccc(F)cc1)NC(C)=O)C(=O)OC. The van der Waals surface area contributed by atoms with E-state index >= 15 is 0 Å².